The van der Waals surface area contributed by atoms with Crippen LogP contribution in [0.5, 0.6) is 11.6 Å². The number of piperidine rings is 1. The predicted octanol–water partition coefficient (Wildman–Crippen LogP) is 5.59. The molecule has 196 valence electrons. The molecule has 8 nitrogen and oxygen atoms in total. The van der Waals surface area contributed by atoms with Crippen molar-refractivity contribution < 1.29 is 27.4 Å². The number of nitrogens with zero attached hydrogens (tertiary/aromatic N) is 4. The van der Waals surface area contributed by atoms with Gasteiger partial charge in [0, 0.05) is 41.2 Å². The lowest BCUT2D eigenvalue weighted by Crippen LogP contribution is -2.42. The highest BCUT2D eigenvalue weighted by atomic mass is 19.4. The van der Waals surface area contributed by atoms with E-state index in [-0.39, 0.29) is 18.0 Å². The number of pyridine rings is 1. The molecule has 1 atom stereocenters. The summed E-state index contributed by atoms with van der Waals surface area (Å²) in [6.45, 7) is 3.79. The minimum atomic E-state index is -4.50. The van der Waals surface area contributed by atoms with Gasteiger partial charge in [-0.25, -0.2) is 9.78 Å². The van der Waals surface area contributed by atoms with Gasteiger partial charge in [0.05, 0.1) is 30.6 Å². The summed E-state index contributed by atoms with van der Waals surface area (Å²) in [5.74, 6) is 0.465. The molecular weight excluding hydrogens is 487 g/mol. The number of anilines is 1. The van der Waals surface area contributed by atoms with Crippen LogP contribution < -0.4 is 15.0 Å². The molecule has 0 saturated carbocycles. The van der Waals surface area contributed by atoms with Gasteiger partial charge >= 0.3 is 12.3 Å². The highest BCUT2D eigenvalue weighted by Crippen LogP contribution is 2.45. The number of amides is 1. The Morgan fingerprint density at radius 3 is 2.57 bits per heavy atom. The van der Waals surface area contributed by atoms with E-state index in [1.165, 1.54) is 13.2 Å². The summed E-state index contributed by atoms with van der Waals surface area (Å²) in [6.07, 6.45) is 2.71. The molecule has 1 aromatic carbocycles. The van der Waals surface area contributed by atoms with Gasteiger partial charge in [0.2, 0.25) is 5.88 Å². The third-order valence-corrected chi connectivity index (χ3v) is 6.99. The van der Waals surface area contributed by atoms with Crippen LogP contribution in [0.3, 0.4) is 0 Å². The second-order valence-corrected chi connectivity index (χ2v) is 9.34. The van der Waals surface area contributed by atoms with E-state index in [4.69, 9.17) is 9.47 Å². The Hall–Kier alpha value is -3.60. The van der Waals surface area contributed by atoms with Crippen molar-refractivity contribution in [2.24, 2.45) is 0 Å². The number of fused-ring (bicyclic) bond motifs is 1. The van der Waals surface area contributed by atoms with Crippen molar-refractivity contribution in [2.75, 3.05) is 25.1 Å². The number of carbonyl (C=O) groups is 1. The van der Waals surface area contributed by atoms with Gasteiger partial charge in [-0.1, -0.05) is 0 Å². The van der Waals surface area contributed by atoms with Crippen LogP contribution in [0, 0.1) is 0 Å². The van der Waals surface area contributed by atoms with Crippen LogP contribution in [0.1, 0.15) is 43.4 Å². The molecule has 1 amide bonds. The number of rotatable bonds is 4. The summed E-state index contributed by atoms with van der Waals surface area (Å²) in [5, 5.41) is 7.94. The average molecular weight is 516 g/mol. The standard InChI is InChI=1S/C26H28F3N5O3/c1-16-3-5-21-22(34(16)25(35)36-2)7-6-20(17-13-32-33(15-17)19-9-11-30-12-10-19)24(21)37-23-8-4-18(14-31-23)26(27,28)29/h4,6-8,13-16,19,30H,3,5,9-12H2,1-2H3/t16-/m0/s1. The molecule has 0 spiro atoms. The smallest absolute Gasteiger partial charge is 0.417 e. The summed E-state index contributed by atoms with van der Waals surface area (Å²) in [5.41, 5.74) is 2.08. The van der Waals surface area contributed by atoms with E-state index in [1.807, 2.05) is 29.9 Å². The molecule has 0 unspecified atom stereocenters. The average Bonchev–Trinajstić information content (AvgIpc) is 3.39. The van der Waals surface area contributed by atoms with Gasteiger partial charge in [0.25, 0.3) is 0 Å². The van der Waals surface area contributed by atoms with Crippen LogP contribution in [0.25, 0.3) is 11.1 Å². The Morgan fingerprint density at radius 2 is 1.89 bits per heavy atom. The number of carbonyl (C=O) groups excluding carboxylic acids is 1. The van der Waals surface area contributed by atoms with Gasteiger partial charge in [0.1, 0.15) is 5.75 Å². The maximum atomic E-state index is 13.1. The van der Waals surface area contributed by atoms with Gasteiger partial charge in [-0.3, -0.25) is 9.58 Å². The maximum Gasteiger partial charge on any atom is 0.417 e. The fourth-order valence-electron chi connectivity index (χ4n) is 4.99. The molecule has 1 N–H and O–H groups in total. The fourth-order valence-corrected chi connectivity index (χ4v) is 4.99. The second kappa shape index (κ2) is 10.0. The molecule has 3 aromatic rings. The Kier molecular flexibility index (Phi) is 6.80. The lowest BCUT2D eigenvalue weighted by atomic mass is 9.92. The maximum absolute atomic E-state index is 13.1. The first kappa shape index (κ1) is 25.1. The summed E-state index contributed by atoms with van der Waals surface area (Å²) in [4.78, 5) is 18.1. The first-order valence-electron chi connectivity index (χ1n) is 12.3. The van der Waals surface area contributed by atoms with Crippen molar-refractivity contribution in [3.05, 3.63) is 54.0 Å². The Bertz CT molecular complexity index is 1270. The second-order valence-electron chi connectivity index (χ2n) is 9.34. The molecule has 1 fully saturated rings. The number of hydrogen-bond donors (Lipinski definition) is 1. The number of hydrogen-bond acceptors (Lipinski definition) is 6. The largest absolute Gasteiger partial charge is 0.452 e. The molecule has 2 aromatic heterocycles. The fraction of sp³-hybridized carbons (Fsp3) is 0.423. The molecular formula is C26H28F3N5O3. The number of benzene rings is 1. The minimum Gasteiger partial charge on any atom is -0.452 e. The highest BCUT2D eigenvalue weighted by molar-refractivity contribution is 5.92. The number of nitrogens with one attached hydrogen (secondary N) is 1. The van der Waals surface area contributed by atoms with Crippen molar-refractivity contribution in [1.82, 2.24) is 20.1 Å². The van der Waals surface area contributed by atoms with E-state index in [0.717, 1.165) is 54.9 Å². The van der Waals surface area contributed by atoms with Gasteiger partial charge in [0.15, 0.2) is 0 Å². The van der Waals surface area contributed by atoms with E-state index >= 15 is 0 Å². The van der Waals surface area contributed by atoms with Crippen molar-refractivity contribution in [3.63, 3.8) is 0 Å². The first-order chi connectivity index (χ1) is 17.8. The molecule has 0 radical (unpaired) electrons. The van der Waals surface area contributed by atoms with Crippen LogP contribution in [0.4, 0.5) is 23.7 Å². The summed E-state index contributed by atoms with van der Waals surface area (Å²) >= 11 is 0. The summed E-state index contributed by atoms with van der Waals surface area (Å²) in [6, 6.07) is 6.03. The number of alkyl halides is 3. The zero-order valence-electron chi connectivity index (χ0n) is 20.6. The van der Waals surface area contributed by atoms with E-state index in [1.54, 1.807) is 11.1 Å². The third-order valence-electron chi connectivity index (χ3n) is 6.99. The van der Waals surface area contributed by atoms with E-state index in [0.29, 0.717) is 24.3 Å². The number of aromatic nitrogens is 3. The zero-order valence-corrected chi connectivity index (χ0v) is 20.6. The van der Waals surface area contributed by atoms with Crippen molar-refractivity contribution in [3.8, 4) is 22.8 Å². The van der Waals surface area contributed by atoms with Gasteiger partial charge < -0.3 is 14.8 Å². The Morgan fingerprint density at radius 1 is 1.11 bits per heavy atom. The first-order valence-corrected chi connectivity index (χ1v) is 12.3. The van der Waals surface area contributed by atoms with E-state index in [9.17, 15) is 18.0 Å². The van der Waals surface area contributed by atoms with Gasteiger partial charge in [-0.15, -0.1) is 0 Å². The molecule has 5 rings (SSSR count). The third kappa shape index (κ3) is 5.00. The molecule has 0 aliphatic carbocycles. The Labute approximate surface area is 212 Å². The van der Waals surface area contributed by atoms with Crippen LogP contribution in [-0.4, -0.2) is 47.1 Å². The lowest BCUT2D eigenvalue weighted by Gasteiger charge is -2.35. The molecule has 37 heavy (non-hydrogen) atoms. The summed E-state index contributed by atoms with van der Waals surface area (Å²) in [7, 11) is 1.33. The van der Waals surface area contributed by atoms with Crippen molar-refractivity contribution in [1.29, 1.82) is 0 Å². The molecule has 2 aliphatic rings. The number of ether oxygens (including phenoxy) is 2. The van der Waals surface area contributed by atoms with Gasteiger partial charge in [-0.05, 0) is 63.9 Å². The highest BCUT2D eigenvalue weighted by Gasteiger charge is 2.33. The monoisotopic (exact) mass is 515 g/mol. The summed E-state index contributed by atoms with van der Waals surface area (Å²) < 4.78 is 52.3. The van der Waals surface area contributed by atoms with Gasteiger partial charge in [-0.2, -0.15) is 18.3 Å². The topological polar surface area (TPSA) is 81.5 Å². The van der Waals surface area contributed by atoms with E-state index in [2.05, 4.69) is 15.4 Å². The van der Waals surface area contributed by atoms with Crippen molar-refractivity contribution >= 4 is 11.8 Å². The molecule has 1 saturated heterocycles. The van der Waals surface area contributed by atoms with Crippen LogP contribution in [0.2, 0.25) is 0 Å². The number of halogens is 3. The molecule has 0 bridgehead atoms. The van der Waals surface area contributed by atoms with Crippen molar-refractivity contribution in [2.45, 2.75) is 50.9 Å². The predicted molar refractivity (Wildman–Crippen MR) is 131 cm³/mol. The normalized spacial score (nSPS) is 18.4. The van der Waals surface area contributed by atoms with Crippen LogP contribution in [0.15, 0.2) is 42.9 Å². The number of methoxy groups -OCH3 is 1. The SMILES string of the molecule is COC(=O)N1c2ccc(-c3cnn(C4CCNCC4)c3)c(Oc3ccc(C(F)(F)F)cn3)c2CC[C@@H]1C. The zero-order chi connectivity index (χ0) is 26.2. The molecule has 2 aliphatic heterocycles. The molecule has 4 heterocycles. The molecule has 11 heteroatoms. The quantitative estimate of drug-likeness (QED) is 0.488. The lowest BCUT2D eigenvalue weighted by molar-refractivity contribution is -0.137. The van der Waals surface area contributed by atoms with E-state index < -0.39 is 17.8 Å². The van der Waals surface area contributed by atoms with Crippen LogP contribution >= 0.6 is 0 Å². The van der Waals surface area contributed by atoms with Crippen LogP contribution in [-0.2, 0) is 17.3 Å². The minimum absolute atomic E-state index is 0.0247. The Balaban J connectivity index is 1.58.